The van der Waals surface area contributed by atoms with E-state index >= 15 is 0 Å². The van der Waals surface area contributed by atoms with Gasteiger partial charge in [-0.1, -0.05) is 57.9 Å². The van der Waals surface area contributed by atoms with Gasteiger partial charge in [0.05, 0.1) is 7.11 Å². The summed E-state index contributed by atoms with van der Waals surface area (Å²) in [5.74, 6) is 0.392. The Morgan fingerprint density at radius 2 is 1.79 bits per heavy atom. The van der Waals surface area contributed by atoms with Crippen LogP contribution in [0, 0.1) is 0 Å². The van der Waals surface area contributed by atoms with Crippen molar-refractivity contribution in [2.24, 2.45) is 0 Å². The fourth-order valence-electron chi connectivity index (χ4n) is 2.77. The topological polar surface area (TPSA) is 66.8 Å². The number of aryl methyl sites for hydroxylation is 1. The highest BCUT2D eigenvalue weighted by atomic mass is 16.5. The molecule has 0 aromatic heterocycles. The van der Waals surface area contributed by atoms with E-state index < -0.39 is 6.10 Å². The van der Waals surface area contributed by atoms with Crippen LogP contribution in [0.2, 0.25) is 0 Å². The molecule has 0 heterocycles. The monoisotopic (exact) mass is 336 g/mol. The molecule has 4 nitrogen and oxygen atoms in total. The van der Waals surface area contributed by atoms with Gasteiger partial charge in [0.15, 0.2) is 17.3 Å². The van der Waals surface area contributed by atoms with Gasteiger partial charge < -0.3 is 14.9 Å². The van der Waals surface area contributed by atoms with E-state index in [9.17, 15) is 15.0 Å². The van der Waals surface area contributed by atoms with Crippen molar-refractivity contribution in [2.45, 2.75) is 77.2 Å². The fourth-order valence-corrected chi connectivity index (χ4v) is 2.77. The zero-order valence-corrected chi connectivity index (χ0v) is 15.1. The molecule has 0 aliphatic carbocycles. The first kappa shape index (κ1) is 20.5. The Labute approximate surface area is 145 Å². The van der Waals surface area contributed by atoms with E-state index in [4.69, 9.17) is 4.74 Å². The lowest BCUT2D eigenvalue weighted by atomic mass is 10.00. The summed E-state index contributed by atoms with van der Waals surface area (Å²) in [6.45, 7) is 2.20. The van der Waals surface area contributed by atoms with E-state index in [0.29, 0.717) is 25.0 Å². The van der Waals surface area contributed by atoms with E-state index in [2.05, 4.69) is 6.92 Å². The van der Waals surface area contributed by atoms with Crippen LogP contribution in [-0.4, -0.2) is 29.2 Å². The minimum atomic E-state index is -0.848. The van der Waals surface area contributed by atoms with Crippen molar-refractivity contribution in [3.63, 3.8) is 0 Å². The molecule has 0 aliphatic heterocycles. The minimum absolute atomic E-state index is 0.0894. The molecule has 4 heteroatoms. The smallest absolute Gasteiger partial charge is 0.161 e. The predicted octanol–water partition coefficient (Wildman–Crippen LogP) is 4.40. The molecule has 0 aliphatic rings. The first-order valence-electron chi connectivity index (χ1n) is 9.15. The lowest BCUT2D eigenvalue weighted by Crippen LogP contribution is -2.20. The van der Waals surface area contributed by atoms with Gasteiger partial charge in [-0.15, -0.1) is 0 Å². The zero-order chi connectivity index (χ0) is 17.8. The van der Waals surface area contributed by atoms with E-state index in [-0.39, 0.29) is 11.5 Å². The van der Waals surface area contributed by atoms with Crippen molar-refractivity contribution in [1.82, 2.24) is 0 Å². The van der Waals surface area contributed by atoms with Gasteiger partial charge in [-0.3, -0.25) is 4.79 Å². The number of methoxy groups -OCH3 is 1. The second-order valence-corrected chi connectivity index (χ2v) is 6.40. The molecule has 1 rings (SSSR count). The van der Waals surface area contributed by atoms with Gasteiger partial charge in [-0.05, 0) is 30.5 Å². The highest BCUT2D eigenvalue weighted by Crippen LogP contribution is 2.26. The van der Waals surface area contributed by atoms with Crippen molar-refractivity contribution < 1.29 is 19.7 Å². The number of phenols is 1. The maximum atomic E-state index is 12.0. The third kappa shape index (κ3) is 7.82. The molecule has 0 spiro atoms. The summed E-state index contributed by atoms with van der Waals surface area (Å²) in [4.78, 5) is 12.0. The van der Waals surface area contributed by atoms with Crippen LogP contribution in [0.3, 0.4) is 0 Å². The summed E-state index contributed by atoms with van der Waals surface area (Å²) in [6, 6.07) is 5.06. The number of carbonyl (C=O) groups excluding carboxylic acids is 1. The summed E-state index contributed by atoms with van der Waals surface area (Å²) in [6.07, 6.45) is 8.84. The number of hydrogen-bond acceptors (Lipinski definition) is 4. The summed E-state index contributed by atoms with van der Waals surface area (Å²) >= 11 is 0. The molecule has 136 valence electrons. The highest BCUT2D eigenvalue weighted by molar-refractivity contribution is 5.82. The largest absolute Gasteiger partial charge is 0.504 e. The van der Waals surface area contributed by atoms with Gasteiger partial charge in [0.1, 0.15) is 6.10 Å². The fraction of sp³-hybridized carbons (Fsp3) is 0.650. The van der Waals surface area contributed by atoms with Crippen molar-refractivity contribution in [3.05, 3.63) is 23.8 Å². The second-order valence-electron chi connectivity index (χ2n) is 6.40. The first-order valence-corrected chi connectivity index (χ1v) is 9.15. The first-order chi connectivity index (χ1) is 11.6. The van der Waals surface area contributed by atoms with Crippen LogP contribution in [0.25, 0.3) is 0 Å². The normalized spacial score (nSPS) is 12.1. The number of carbonyl (C=O) groups is 1. The van der Waals surface area contributed by atoms with Crippen LogP contribution >= 0.6 is 0 Å². The standard InChI is InChI=1S/C20H32O4/c1-3-4-5-6-7-8-9-10-17(21)18(22)13-11-16-12-14-19(23)20(15-16)24-2/h12,14-15,17,21,23H,3-11,13H2,1-2H3. The number of aromatic hydroxyl groups is 1. The molecule has 0 radical (unpaired) electrons. The Morgan fingerprint density at radius 3 is 2.46 bits per heavy atom. The van der Waals surface area contributed by atoms with Crippen LogP contribution < -0.4 is 4.74 Å². The Morgan fingerprint density at radius 1 is 1.12 bits per heavy atom. The lowest BCUT2D eigenvalue weighted by molar-refractivity contribution is -0.127. The van der Waals surface area contributed by atoms with Gasteiger partial charge in [-0.25, -0.2) is 0 Å². The number of Topliss-reactive ketones (excluding diaryl/α,β-unsaturated/α-hetero) is 1. The van der Waals surface area contributed by atoms with Crippen LogP contribution in [0.15, 0.2) is 18.2 Å². The molecule has 2 N–H and O–H groups in total. The SMILES string of the molecule is CCCCCCCCCC(O)C(=O)CCc1ccc(O)c(OC)c1. The Bertz CT molecular complexity index is 485. The summed E-state index contributed by atoms with van der Waals surface area (Å²) in [5, 5.41) is 19.5. The van der Waals surface area contributed by atoms with E-state index in [1.807, 2.05) is 0 Å². The maximum Gasteiger partial charge on any atom is 0.161 e. The Hall–Kier alpha value is -1.55. The number of hydrogen-bond donors (Lipinski definition) is 2. The summed E-state index contributed by atoms with van der Waals surface area (Å²) in [5.41, 5.74) is 0.918. The highest BCUT2D eigenvalue weighted by Gasteiger charge is 2.14. The molecule has 1 aromatic rings. The number of rotatable bonds is 13. The summed E-state index contributed by atoms with van der Waals surface area (Å²) < 4.78 is 5.06. The lowest BCUT2D eigenvalue weighted by Gasteiger charge is -2.10. The van der Waals surface area contributed by atoms with Gasteiger partial charge in [0.2, 0.25) is 0 Å². The zero-order valence-electron chi connectivity index (χ0n) is 15.1. The maximum absolute atomic E-state index is 12.0. The van der Waals surface area contributed by atoms with Crippen molar-refractivity contribution in [3.8, 4) is 11.5 Å². The molecular weight excluding hydrogens is 304 g/mol. The number of ether oxygens (including phenoxy) is 1. The molecule has 1 atom stereocenters. The molecular formula is C20H32O4. The summed E-state index contributed by atoms with van der Waals surface area (Å²) in [7, 11) is 1.50. The average molecular weight is 336 g/mol. The molecule has 1 aromatic carbocycles. The molecule has 24 heavy (non-hydrogen) atoms. The number of aliphatic hydroxyl groups excluding tert-OH is 1. The number of ketones is 1. The Kier molecular flexibility index (Phi) is 10.2. The van der Waals surface area contributed by atoms with Crippen LogP contribution in [0.5, 0.6) is 11.5 Å². The van der Waals surface area contributed by atoms with Crippen molar-refractivity contribution in [2.75, 3.05) is 7.11 Å². The molecule has 0 amide bonds. The van der Waals surface area contributed by atoms with E-state index in [1.165, 1.54) is 39.2 Å². The Balaban J connectivity index is 2.22. The number of phenolic OH excluding ortho intramolecular Hbond substituents is 1. The number of aliphatic hydroxyl groups is 1. The van der Waals surface area contributed by atoms with Gasteiger partial charge in [0.25, 0.3) is 0 Å². The average Bonchev–Trinajstić information content (AvgIpc) is 2.59. The van der Waals surface area contributed by atoms with Crippen LogP contribution in [-0.2, 0) is 11.2 Å². The number of unbranched alkanes of at least 4 members (excludes halogenated alkanes) is 6. The van der Waals surface area contributed by atoms with Gasteiger partial charge in [-0.2, -0.15) is 0 Å². The second kappa shape index (κ2) is 11.9. The molecule has 0 saturated heterocycles. The van der Waals surface area contributed by atoms with Gasteiger partial charge in [0, 0.05) is 6.42 Å². The van der Waals surface area contributed by atoms with Crippen molar-refractivity contribution in [1.29, 1.82) is 0 Å². The predicted molar refractivity (Wildman–Crippen MR) is 96.6 cm³/mol. The minimum Gasteiger partial charge on any atom is -0.504 e. The molecule has 0 saturated carbocycles. The molecule has 0 bridgehead atoms. The van der Waals surface area contributed by atoms with E-state index in [1.54, 1.807) is 18.2 Å². The third-order valence-electron chi connectivity index (χ3n) is 4.36. The third-order valence-corrected chi connectivity index (χ3v) is 4.36. The van der Waals surface area contributed by atoms with Gasteiger partial charge >= 0.3 is 0 Å². The molecule has 0 fully saturated rings. The van der Waals surface area contributed by atoms with Crippen LogP contribution in [0.4, 0.5) is 0 Å². The van der Waals surface area contributed by atoms with E-state index in [0.717, 1.165) is 18.4 Å². The molecule has 1 unspecified atom stereocenters. The number of benzene rings is 1. The van der Waals surface area contributed by atoms with Crippen LogP contribution in [0.1, 0.15) is 70.3 Å². The van der Waals surface area contributed by atoms with Crippen molar-refractivity contribution >= 4 is 5.78 Å². The quantitative estimate of drug-likeness (QED) is 0.524.